The fraction of sp³-hybridized carbons (Fsp3) is 0.650. The van der Waals surface area contributed by atoms with Gasteiger partial charge in [0.05, 0.1) is 6.04 Å². The van der Waals surface area contributed by atoms with Crippen LogP contribution < -0.4 is 44.6 Å². The number of carbonyl (C=O) groups is 6. The number of carboxylic acids is 1. The summed E-state index contributed by atoms with van der Waals surface area (Å²) in [4.78, 5) is 93.7. The van der Waals surface area contributed by atoms with Crippen molar-refractivity contribution in [1.82, 2.24) is 25.8 Å². The van der Waals surface area contributed by atoms with Gasteiger partial charge in [-0.15, -0.1) is 0 Å². The summed E-state index contributed by atoms with van der Waals surface area (Å²) in [6.45, 7) is 8.04. The monoisotopic (exact) mass is 843 g/mol. The Morgan fingerprint density at radius 3 is 2.00 bits per heavy atom. The molecule has 0 aliphatic carbocycles. The van der Waals surface area contributed by atoms with Gasteiger partial charge in [0.15, 0.2) is 11.9 Å². The molecule has 2 aliphatic rings. The van der Waals surface area contributed by atoms with Gasteiger partial charge in [0.2, 0.25) is 29.5 Å². The molecule has 2 fully saturated rings. The van der Waals surface area contributed by atoms with Gasteiger partial charge in [-0.25, -0.2) is 4.79 Å². The van der Waals surface area contributed by atoms with Crippen LogP contribution in [-0.4, -0.2) is 129 Å². The van der Waals surface area contributed by atoms with Crippen LogP contribution >= 0.6 is 0 Å². The Labute approximate surface area is 351 Å². The van der Waals surface area contributed by atoms with Gasteiger partial charge >= 0.3 is 5.97 Å². The van der Waals surface area contributed by atoms with Crippen molar-refractivity contribution in [2.24, 2.45) is 50.5 Å². The van der Waals surface area contributed by atoms with Crippen LogP contribution in [0.3, 0.4) is 0 Å². The quantitative estimate of drug-likeness (QED) is 0.0358. The van der Waals surface area contributed by atoms with Crippen LogP contribution in [0.25, 0.3) is 0 Å². The number of nitrogens with two attached hydrogens (primary N) is 5. The van der Waals surface area contributed by atoms with E-state index in [0.29, 0.717) is 37.7 Å². The lowest BCUT2D eigenvalue weighted by atomic mass is 9.92. The van der Waals surface area contributed by atoms with Crippen molar-refractivity contribution in [3.8, 4) is 5.75 Å². The number of nitrogens with zero attached hydrogens (tertiary/aromatic N) is 4. The fourth-order valence-electron chi connectivity index (χ4n) is 7.74. The lowest BCUT2D eigenvalue weighted by Crippen LogP contribution is -2.61. The first-order chi connectivity index (χ1) is 28.3. The van der Waals surface area contributed by atoms with Crippen molar-refractivity contribution in [1.29, 1.82) is 0 Å². The Morgan fingerprint density at radius 1 is 0.833 bits per heavy atom. The summed E-state index contributed by atoms with van der Waals surface area (Å²) in [5.74, 6) is -4.67. The van der Waals surface area contributed by atoms with Gasteiger partial charge in [-0.3, -0.25) is 34.0 Å². The van der Waals surface area contributed by atoms with Gasteiger partial charge in [0.1, 0.15) is 35.5 Å². The average Bonchev–Trinajstić information content (AvgIpc) is 3.77. The van der Waals surface area contributed by atoms with Crippen molar-refractivity contribution in [2.45, 2.75) is 128 Å². The van der Waals surface area contributed by atoms with Gasteiger partial charge in [-0.1, -0.05) is 46.2 Å². The highest BCUT2D eigenvalue weighted by molar-refractivity contribution is 6.00. The molecule has 1 spiro atoms. The number of nitrogens with one attached hydrogen (secondary N) is 3. The summed E-state index contributed by atoms with van der Waals surface area (Å²) in [6.07, 6.45) is 2.75. The van der Waals surface area contributed by atoms with Gasteiger partial charge in [0.25, 0.3) is 0 Å². The van der Waals surface area contributed by atoms with E-state index in [1.165, 1.54) is 21.9 Å². The zero-order valence-corrected chi connectivity index (χ0v) is 35.3. The van der Waals surface area contributed by atoms with Crippen LogP contribution in [0.5, 0.6) is 5.75 Å². The van der Waals surface area contributed by atoms with Crippen molar-refractivity contribution >= 4 is 47.4 Å². The predicted molar refractivity (Wildman–Crippen MR) is 226 cm³/mol. The van der Waals surface area contributed by atoms with Crippen LogP contribution in [0.15, 0.2) is 34.3 Å². The minimum atomic E-state index is -1.32. The Kier molecular flexibility index (Phi) is 18.4. The molecule has 20 nitrogen and oxygen atoms in total. The van der Waals surface area contributed by atoms with Crippen LogP contribution in [0, 0.1) is 11.8 Å². The molecule has 3 rings (SSSR count). The molecule has 15 N–H and O–H groups in total. The summed E-state index contributed by atoms with van der Waals surface area (Å²) in [7, 11) is 0. The normalized spacial score (nSPS) is 19.2. The Bertz CT molecular complexity index is 1720. The highest BCUT2D eigenvalue weighted by atomic mass is 16.4. The third-order valence-corrected chi connectivity index (χ3v) is 11.2. The van der Waals surface area contributed by atoms with E-state index in [-0.39, 0.29) is 81.9 Å². The minimum Gasteiger partial charge on any atom is -0.508 e. The van der Waals surface area contributed by atoms with Crippen molar-refractivity contribution < 1.29 is 39.0 Å². The molecule has 20 heteroatoms. The van der Waals surface area contributed by atoms with E-state index in [2.05, 4.69) is 25.9 Å². The highest BCUT2D eigenvalue weighted by Gasteiger charge is 2.57. The summed E-state index contributed by atoms with van der Waals surface area (Å²) >= 11 is 0. The number of amides is 5. The molecular formula is C40H66N12O8. The first-order valence-electron chi connectivity index (χ1n) is 20.7. The number of guanidine groups is 2. The molecule has 1 aromatic rings. The predicted octanol–water partition coefficient (Wildman–Crippen LogP) is -1.04. The van der Waals surface area contributed by atoms with Gasteiger partial charge in [-0.2, -0.15) is 0 Å². The number of phenols is 1. The van der Waals surface area contributed by atoms with Crippen LogP contribution in [0.4, 0.5) is 0 Å². The van der Waals surface area contributed by atoms with Gasteiger partial charge in [0, 0.05) is 32.6 Å². The number of benzene rings is 1. The first-order valence-corrected chi connectivity index (χ1v) is 20.7. The lowest BCUT2D eigenvalue weighted by Gasteiger charge is -2.37. The zero-order chi connectivity index (χ0) is 44.7. The molecule has 2 heterocycles. The number of phenolic OH excluding ortho intramolecular Hbond substituents is 1. The number of hydrogen-bond donors (Lipinski definition) is 10. The van der Waals surface area contributed by atoms with Crippen molar-refractivity contribution in [2.75, 3.05) is 26.2 Å². The molecule has 7 atom stereocenters. The molecule has 0 radical (unpaired) electrons. The van der Waals surface area contributed by atoms with E-state index >= 15 is 0 Å². The van der Waals surface area contributed by atoms with E-state index in [0.717, 1.165) is 0 Å². The highest BCUT2D eigenvalue weighted by Crippen LogP contribution is 2.40. The largest absolute Gasteiger partial charge is 0.508 e. The Balaban J connectivity index is 1.94. The molecule has 1 aromatic carbocycles. The van der Waals surface area contributed by atoms with Crippen LogP contribution in [0.2, 0.25) is 0 Å². The second-order valence-electron chi connectivity index (χ2n) is 16.2. The van der Waals surface area contributed by atoms with E-state index in [9.17, 15) is 39.0 Å². The van der Waals surface area contributed by atoms with E-state index < -0.39 is 77.2 Å². The number of rotatable bonds is 23. The number of carbonyl (C=O) groups excluding carboxylic acids is 5. The second kappa shape index (κ2) is 22.6. The van der Waals surface area contributed by atoms with E-state index in [1.54, 1.807) is 19.1 Å². The zero-order valence-electron chi connectivity index (χ0n) is 35.3. The molecule has 0 aromatic heterocycles. The molecule has 5 amide bonds. The minimum absolute atomic E-state index is 0.00537. The Hall–Kier alpha value is -5.66. The van der Waals surface area contributed by atoms with Crippen molar-refractivity contribution in [3.05, 3.63) is 29.8 Å². The average molecular weight is 843 g/mol. The number of aromatic hydroxyl groups is 1. The van der Waals surface area contributed by atoms with E-state index in [1.807, 2.05) is 20.8 Å². The molecule has 0 unspecified atom stereocenters. The third kappa shape index (κ3) is 13.4. The lowest BCUT2D eigenvalue weighted by molar-refractivity contribution is -0.151. The van der Waals surface area contributed by atoms with Crippen LogP contribution in [-0.2, 0) is 35.2 Å². The summed E-state index contributed by atoms with van der Waals surface area (Å²) < 4.78 is 0. The molecule has 334 valence electrons. The maximum absolute atomic E-state index is 14.8. The van der Waals surface area contributed by atoms with E-state index in [4.69, 9.17) is 28.7 Å². The molecule has 60 heavy (non-hydrogen) atoms. The topological polar surface area (TPSA) is 340 Å². The molecular weight excluding hydrogens is 777 g/mol. The summed E-state index contributed by atoms with van der Waals surface area (Å²) in [6, 6.07) is 0.656. The first kappa shape index (κ1) is 48.7. The third-order valence-electron chi connectivity index (χ3n) is 11.2. The second-order valence-corrected chi connectivity index (χ2v) is 16.2. The fourth-order valence-corrected chi connectivity index (χ4v) is 7.74. The smallest absolute Gasteiger partial charge is 0.326 e. The van der Waals surface area contributed by atoms with Crippen molar-refractivity contribution in [3.63, 3.8) is 0 Å². The SMILES string of the molecule is CC[C@H](C)[C@H](NC(=O)[C@H](Cc1ccc(O)cc1)N1CC[C@]2(CCCN2C(=O)[C@H](CCCN=C(N)N)NC(=O)[C@@H](N)CCCN=C(N)N)C1=O)C(=O)N[C@@H](CC(C)C)C(=O)O. The number of aliphatic carboxylic acids is 1. The van der Waals surface area contributed by atoms with Crippen LogP contribution in [0.1, 0.15) is 91.0 Å². The summed E-state index contributed by atoms with van der Waals surface area (Å²) in [5.41, 5.74) is 27.3. The maximum atomic E-state index is 14.8. The molecule has 2 aliphatic heterocycles. The van der Waals surface area contributed by atoms with Gasteiger partial charge in [-0.05, 0) is 80.9 Å². The standard InChI is InChI=1S/C40H66N12O8/c1-5-24(4)31(34(56)49-29(36(58)59)21-23(2)3)50-33(55)30(22-25-11-13-26(53)14-12-25)51-20-16-40(37(51)60)15-8-19-52(40)35(57)28(10-7-18-47-39(44)45)48-32(54)27(41)9-6-17-46-38(42)43/h11-14,23-24,27-31,53H,5-10,15-22,41H2,1-4H3,(H,48,54)(H,49,56)(H,50,55)(H,58,59)(H4,42,43,46)(H4,44,45,47)/t24-,27-,28-,29-,30-,31-,40+/m0/s1. The Morgan fingerprint density at radius 2 is 1.43 bits per heavy atom. The number of carboxylic acid groups (broad SMARTS) is 1. The molecule has 2 saturated heterocycles. The number of likely N-dealkylation sites (tertiary alicyclic amines) is 2. The molecule has 0 saturated carbocycles. The van der Waals surface area contributed by atoms with Gasteiger partial charge < -0.3 is 64.6 Å². The summed E-state index contributed by atoms with van der Waals surface area (Å²) in [5, 5.41) is 28.0. The maximum Gasteiger partial charge on any atom is 0.326 e. The number of hydrogen-bond acceptors (Lipinski definition) is 10. The number of aliphatic imine (C=N–C) groups is 2. The molecule has 0 bridgehead atoms.